The van der Waals surface area contributed by atoms with Crippen LogP contribution in [0.4, 0.5) is 5.82 Å². The van der Waals surface area contributed by atoms with Crippen molar-refractivity contribution < 1.29 is 8.42 Å². The minimum atomic E-state index is -3.74. The van der Waals surface area contributed by atoms with Crippen molar-refractivity contribution in [2.45, 2.75) is 32.0 Å². The molecule has 0 aliphatic heterocycles. The zero-order chi connectivity index (χ0) is 17.2. The Labute approximate surface area is 141 Å². The topological polar surface area (TPSA) is 81.8 Å². The predicted octanol–water partition coefficient (Wildman–Crippen LogP) is 2.26. The van der Waals surface area contributed by atoms with Crippen LogP contribution in [0.5, 0.6) is 0 Å². The van der Waals surface area contributed by atoms with E-state index in [4.69, 9.17) is 0 Å². The van der Waals surface area contributed by atoms with Crippen LogP contribution >= 0.6 is 0 Å². The van der Waals surface area contributed by atoms with E-state index in [9.17, 15) is 8.42 Å². The number of hydrogen-bond acceptors (Lipinski definition) is 4. The number of rotatable bonds is 6. The molecule has 0 fully saturated rings. The van der Waals surface area contributed by atoms with Crippen molar-refractivity contribution in [3.05, 3.63) is 60.2 Å². The summed E-state index contributed by atoms with van der Waals surface area (Å²) in [6, 6.07) is 9.64. The summed E-state index contributed by atoms with van der Waals surface area (Å²) in [4.78, 5) is 3.95. The van der Waals surface area contributed by atoms with Crippen molar-refractivity contribution in [3.63, 3.8) is 0 Å². The fourth-order valence-electron chi connectivity index (χ4n) is 2.37. The molecule has 3 rings (SSSR count). The summed E-state index contributed by atoms with van der Waals surface area (Å²) in [7, 11) is -3.74. The Balaban J connectivity index is 1.82. The highest BCUT2D eigenvalue weighted by Crippen LogP contribution is 2.16. The van der Waals surface area contributed by atoms with E-state index in [-0.39, 0.29) is 5.03 Å². The van der Waals surface area contributed by atoms with Crippen LogP contribution in [0.15, 0.2) is 54.1 Å². The van der Waals surface area contributed by atoms with E-state index in [2.05, 4.69) is 14.8 Å². The van der Waals surface area contributed by atoms with Gasteiger partial charge in [0.05, 0.1) is 19.1 Å². The van der Waals surface area contributed by atoms with E-state index in [1.54, 1.807) is 21.5 Å². The third-order valence-corrected chi connectivity index (χ3v) is 4.86. The summed E-state index contributed by atoms with van der Waals surface area (Å²) in [6.45, 7) is 5.08. The Morgan fingerprint density at radius 3 is 2.79 bits per heavy atom. The highest BCUT2D eigenvalue weighted by atomic mass is 32.2. The molecule has 24 heavy (non-hydrogen) atoms. The molecule has 0 saturated heterocycles. The minimum absolute atomic E-state index is 0.00680. The standard InChI is InChI=1S/C16H19N5O2S/c1-3-20-11-16(17-12-20)24(22,23)19-15-7-8-18-21(15)10-14-6-4-5-13(2)9-14/h4-9,11-12,19H,3,10H2,1-2H3. The highest BCUT2D eigenvalue weighted by molar-refractivity contribution is 7.92. The Morgan fingerprint density at radius 2 is 2.08 bits per heavy atom. The molecule has 0 radical (unpaired) electrons. The zero-order valence-electron chi connectivity index (χ0n) is 13.5. The minimum Gasteiger partial charge on any atom is -0.336 e. The van der Waals surface area contributed by atoms with Gasteiger partial charge in [-0.2, -0.15) is 13.5 Å². The molecule has 0 atom stereocenters. The fourth-order valence-corrected chi connectivity index (χ4v) is 3.38. The fraction of sp³-hybridized carbons (Fsp3) is 0.250. The van der Waals surface area contributed by atoms with Gasteiger partial charge in [0.1, 0.15) is 5.82 Å². The van der Waals surface area contributed by atoms with Crippen LogP contribution in [0.25, 0.3) is 0 Å². The first-order chi connectivity index (χ1) is 11.5. The lowest BCUT2D eigenvalue weighted by Gasteiger charge is -2.10. The monoisotopic (exact) mass is 345 g/mol. The Morgan fingerprint density at radius 1 is 1.25 bits per heavy atom. The van der Waals surface area contributed by atoms with Gasteiger partial charge in [-0.15, -0.1) is 0 Å². The maximum Gasteiger partial charge on any atom is 0.282 e. The molecule has 0 amide bonds. The van der Waals surface area contributed by atoms with Crippen LogP contribution in [0.1, 0.15) is 18.1 Å². The largest absolute Gasteiger partial charge is 0.336 e. The van der Waals surface area contributed by atoms with Gasteiger partial charge in [-0.3, -0.25) is 4.72 Å². The molecule has 3 aromatic rings. The first-order valence-electron chi connectivity index (χ1n) is 7.60. The molecule has 0 aliphatic carbocycles. The Kier molecular flexibility index (Phi) is 4.39. The first-order valence-corrected chi connectivity index (χ1v) is 9.08. The zero-order valence-corrected chi connectivity index (χ0v) is 14.4. The summed E-state index contributed by atoms with van der Waals surface area (Å²) < 4.78 is 30.8. The van der Waals surface area contributed by atoms with Gasteiger partial charge in [0.2, 0.25) is 0 Å². The van der Waals surface area contributed by atoms with Crippen LogP contribution in [-0.2, 0) is 23.1 Å². The van der Waals surface area contributed by atoms with Crippen LogP contribution in [0, 0.1) is 6.92 Å². The molecule has 8 heteroatoms. The number of sulfonamides is 1. The molecule has 0 saturated carbocycles. The van der Waals surface area contributed by atoms with E-state index >= 15 is 0 Å². The molecule has 2 heterocycles. The van der Waals surface area contributed by atoms with Gasteiger partial charge in [0.25, 0.3) is 10.0 Å². The number of nitrogens with zero attached hydrogens (tertiary/aromatic N) is 4. The molecule has 1 N–H and O–H groups in total. The summed E-state index contributed by atoms with van der Waals surface area (Å²) in [5.41, 5.74) is 2.20. The van der Waals surface area contributed by atoms with Gasteiger partial charge >= 0.3 is 0 Å². The molecule has 0 bridgehead atoms. The average Bonchev–Trinajstić information content (AvgIpc) is 3.17. The lowest BCUT2D eigenvalue weighted by molar-refractivity contribution is 0.596. The highest BCUT2D eigenvalue weighted by Gasteiger charge is 2.19. The van der Waals surface area contributed by atoms with Crippen molar-refractivity contribution >= 4 is 15.8 Å². The third kappa shape index (κ3) is 3.48. The molecule has 1 aromatic carbocycles. The van der Waals surface area contributed by atoms with Crippen LogP contribution in [0.2, 0.25) is 0 Å². The lowest BCUT2D eigenvalue weighted by Crippen LogP contribution is -2.17. The van der Waals surface area contributed by atoms with Crippen LogP contribution < -0.4 is 4.72 Å². The number of aromatic nitrogens is 4. The molecule has 0 unspecified atom stereocenters. The predicted molar refractivity (Wildman–Crippen MR) is 91.2 cm³/mol. The van der Waals surface area contributed by atoms with Crippen molar-refractivity contribution in [1.29, 1.82) is 0 Å². The SMILES string of the molecule is CCn1cnc(S(=O)(=O)Nc2ccnn2Cc2cccc(C)c2)c1. The lowest BCUT2D eigenvalue weighted by atomic mass is 10.1. The quantitative estimate of drug-likeness (QED) is 0.743. The molecule has 7 nitrogen and oxygen atoms in total. The number of imidazole rings is 1. The Hall–Kier alpha value is -2.61. The Bertz CT molecular complexity index is 943. The molecular weight excluding hydrogens is 326 g/mol. The molecule has 0 spiro atoms. The number of aryl methyl sites for hydroxylation is 2. The summed E-state index contributed by atoms with van der Waals surface area (Å²) in [5.74, 6) is 0.405. The van der Waals surface area contributed by atoms with Crippen molar-refractivity contribution in [3.8, 4) is 0 Å². The van der Waals surface area contributed by atoms with Gasteiger partial charge in [0, 0.05) is 18.8 Å². The normalized spacial score (nSPS) is 11.6. The van der Waals surface area contributed by atoms with Crippen molar-refractivity contribution in [1.82, 2.24) is 19.3 Å². The number of hydrogen-bond donors (Lipinski definition) is 1. The second-order valence-corrected chi connectivity index (χ2v) is 7.14. The van der Waals surface area contributed by atoms with Crippen molar-refractivity contribution in [2.24, 2.45) is 0 Å². The summed E-state index contributed by atoms with van der Waals surface area (Å²) in [5, 5.41) is 4.20. The van der Waals surface area contributed by atoms with Gasteiger partial charge < -0.3 is 4.57 Å². The summed E-state index contributed by atoms with van der Waals surface area (Å²) in [6.07, 6.45) is 4.57. The number of anilines is 1. The van der Waals surface area contributed by atoms with Gasteiger partial charge in [-0.05, 0) is 19.4 Å². The van der Waals surface area contributed by atoms with Crippen LogP contribution in [-0.4, -0.2) is 27.7 Å². The van der Waals surface area contributed by atoms with Gasteiger partial charge in [-0.1, -0.05) is 29.8 Å². The smallest absolute Gasteiger partial charge is 0.282 e. The molecule has 2 aromatic heterocycles. The van der Waals surface area contributed by atoms with Crippen LogP contribution in [0.3, 0.4) is 0 Å². The maximum atomic E-state index is 12.5. The third-order valence-electron chi connectivity index (χ3n) is 3.62. The van der Waals surface area contributed by atoms with Crippen molar-refractivity contribution in [2.75, 3.05) is 4.72 Å². The average molecular weight is 345 g/mol. The van der Waals surface area contributed by atoms with E-state index in [0.717, 1.165) is 11.1 Å². The maximum absolute atomic E-state index is 12.5. The molecule has 126 valence electrons. The molecular formula is C16H19N5O2S. The van der Waals surface area contributed by atoms with E-state index in [1.807, 2.05) is 38.1 Å². The van der Waals surface area contributed by atoms with E-state index in [0.29, 0.717) is 18.9 Å². The number of nitrogens with one attached hydrogen (secondary N) is 1. The van der Waals surface area contributed by atoms with Gasteiger partial charge in [-0.25, -0.2) is 9.67 Å². The van der Waals surface area contributed by atoms with Gasteiger partial charge in [0.15, 0.2) is 5.03 Å². The summed E-state index contributed by atoms with van der Waals surface area (Å²) >= 11 is 0. The first kappa shape index (κ1) is 16.3. The second kappa shape index (κ2) is 6.48. The second-order valence-electron chi connectivity index (χ2n) is 5.51. The number of benzene rings is 1. The van der Waals surface area contributed by atoms with E-state index < -0.39 is 10.0 Å². The molecule has 0 aliphatic rings. The van der Waals surface area contributed by atoms with E-state index in [1.165, 1.54) is 12.5 Å².